The van der Waals surface area contributed by atoms with Crippen molar-refractivity contribution in [2.24, 2.45) is 15.7 Å². The number of rotatable bonds is 4. The molecule has 0 aliphatic rings. The van der Waals surface area contributed by atoms with Gasteiger partial charge in [-0.05, 0) is 56.1 Å². The molecule has 0 atom stereocenters. The second-order valence-corrected chi connectivity index (χ2v) is 7.26. The molecule has 2 aromatic heterocycles. The van der Waals surface area contributed by atoms with E-state index in [1.165, 1.54) is 7.05 Å². The van der Waals surface area contributed by atoms with Gasteiger partial charge in [0.25, 0.3) is 0 Å². The third-order valence-electron chi connectivity index (χ3n) is 4.30. The van der Waals surface area contributed by atoms with Gasteiger partial charge in [0.05, 0.1) is 10.6 Å². The molecule has 2 heterocycles. The topological polar surface area (TPSA) is 76.5 Å². The number of aromatic nitrogens is 2. The molecule has 0 saturated carbocycles. The first-order valence-corrected chi connectivity index (χ1v) is 10.2. The van der Waals surface area contributed by atoms with Gasteiger partial charge in [-0.15, -0.1) is 11.3 Å². The Morgan fingerprint density at radius 3 is 2.43 bits per heavy atom. The van der Waals surface area contributed by atoms with Gasteiger partial charge in [0.2, 0.25) is 0 Å². The highest BCUT2D eigenvalue weighted by Crippen LogP contribution is 2.34. The zero-order chi connectivity index (χ0) is 21.3. The Balaban J connectivity index is 0.00000124. The molecular formula is C24H23N5S. The predicted molar refractivity (Wildman–Crippen MR) is 128 cm³/mol. The van der Waals surface area contributed by atoms with Crippen molar-refractivity contribution in [3.05, 3.63) is 90.4 Å². The van der Waals surface area contributed by atoms with E-state index in [1.54, 1.807) is 23.7 Å². The van der Waals surface area contributed by atoms with Crippen molar-refractivity contribution in [1.82, 2.24) is 9.97 Å². The number of nitrogens with zero attached hydrogens (tertiary/aromatic N) is 4. The third-order valence-corrected chi connectivity index (χ3v) is 5.40. The van der Waals surface area contributed by atoms with Gasteiger partial charge < -0.3 is 5.73 Å². The second-order valence-electron chi connectivity index (χ2n) is 6.23. The molecule has 4 rings (SSSR count). The fourth-order valence-electron chi connectivity index (χ4n) is 2.86. The quantitative estimate of drug-likeness (QED) is 0.353. The van der Waals surface area contributed by atoms with Gasteiger partial charge in [-0.1, -0.05) is 36.4 Å². The van der Waals surface area contributed by atoms with Crippen molar-refractivity contribution in [2.45, 2.75) is 6.92 Å². The summed E-state index contributed by atoms with van der Waals surface area (Å²) in [6.45, 7) is 5.69. The highest BCUT2D eigenvalue weighted by molar-refractivity contribution is 7.18. The fourth-order valence-corrected chi connectivity index (χ4v) is 3.77. The minimum absolute atomic E-state index is 0.563. The Morgan fingerprint density at radius 2 is 1.77 bits per heavy atom. The normalized spacial score (nSPS) is 10.8. The molecule has 2 aromatic carbocycles. The summed E-state index contributed by atoms with van der Waals surface area (Å²) in [4.78, 5) is 18.6. The Bertz CT molecular complexity index is 1130. The van der Waals surface area contributed by atoms with Crippen LogP contribution in [0.2, 0.25) is 0 Å². The number of hydrogen-bond acceptors (Lipinski definition) is 5. The summed E-state index contributed by atoms with van der Waals surface area (Å²) in [5.74, 6) is 0.563. The molecule has 6 heteroatoms. The van der Waals surface area contributed by atoms with Crippen molar-refractivity contribution in [1.29, 1.82) is 0 Å². The summed E-state index contributed by atoms with van der Waals surface area (Å²) in [5, 5.41) is 1.02. The van der Waals surface area contributed by atoms with E-state index in [0.29, 0.717) is 5.84 Å². The predicted octanol–water partition coefficient (Wildman–Crippen LogP) is 5.53. The molecule has 0 bridgehead atoms. The molecule has 0 aliphatic carbocycles. The van der Waals surface area contributed by atoms with Crippen LogP contribution in [0.4, 0.5) is 5.69 Å². The molecule has 0 unspecified atom stereocenters. The van der Waals surface area contributed by atoms with Gasteiger partial charge in [-0.2, -0.15) is 0 Å². The summed E-state index contributed by atoms with van der Waals surface area (Å²) in [6, 6.07) is 20.2. The molecule has 2 N–H and O–H groups in total. The van der Waals surface area contributed by atoms with Gasteiger partial charge in [0.15, 0.2) is 5.84 Å². The first-order chi connectivity index (χ1) is 14.7. The van der Waals surface area contributed by atoms with Gasteiger partial charge in [0, 0.05) is 29.7 Å². The maximum Gasteiger partial charge on any atom is 0.160 e. The fraction of sp³-hybridized carbons (Fsp3) is 0.0833. The summed E-state index contributed by atoms with van der Waals surface area (Å²) in [5.41, 5.74) is 9.54. The van der Waals surface area contributed by atoms with Crippen molar-refractivity contribution < 1.29 is 0 Å². The molecule has 30 heavy (non-hydrogen) atoms. The van der Waals surface area contributed by atoms with Crippen LogP contribution in [0.5, 0.6) is 0 Å². The van der Waals surface area contributed by atoms with Crippen LogP contribution in [-0.4, -0.2) is 29.6 Å². The van der Waals surface area contributed by atoms with Gasteiger partial charge >= 0.3 is 0 Å². The lowest BCUT2D eigenvalue weighted by atomic mass is 10.1. The number of hydrogen-bond donors (Lipinski definition) is 1. The highest BCUT2D eigenvalue weighted by atomic mass is 32.1. The average molecular weight is 414 g/mol. The Hall–Kier alpha value is -3.48. The Morgan fingerprint density at radius 1 is 0.967 bits per heavy atom. The third kappa shape index (κ3) is 4.92. The Labute approximate surface area is 180 Å². The van der Waals surface area contributed by atoms with Gasteiger partial charge in [-0.3, -0.25) is 4.98 Å². The van der Waals surface area contributed by atoms with E-state index in [1.807, 2.05) is 49.5 Å². The number of amidine groups is 1. The van der Waals surface area contributed by atoms with Crippen LogP contribution in [0.3, 0.4) is 0 Å². The SMILES string of the molecule is C=NC(=Nc1ccc(-c2cnc(-c3ccccc3)s2)cc1C)c1cccnc1.CN. The minimum atomic E-state index is 0.563. The summed E-state index contributed by atoms with van der Waals surface area (Å²) >= 11 is 1.69. The smallest absolute Gasteiger partial charge is 0.160 e. The van der Waals surface area contributed by atoms with E-state index in [2.05, 4.69) is 56.7 Å². The van der Waals surface area contributed by atoms with Crippen LogP contribution in [-0.2, 0) is 0 Å². The number of aliphatic imine (C=N–C) groups is 2. The van der Waals surface area contributed by atoms with Crippen molar-refractivity contribution in [2.75, 3.05) is 7.05 Å². The molecule has 0 saturated heterocycles. The zero-order valence-electron chi connectivity index (χ0n) is 17.0. The van der Waals surface area contributed by atoms with Crippen LogP contribution in [0, 0.1) is 6.92 Å². The lowest BCUT2D eigenvalue weighted by Crippen LogP contribution is -1.96. The first kappa shape index (κ1) is 21.2. The maximum atomic E-state index is 4.67. The Kier molecular flexibility index (Phi) is 7.32. The van der Waals surface area contributed by atoms with Crippen molar-refractivity contribution in [3.63, 3.8) is 0 Å². The standard InChI is InChI=1S/C23H18N4S.CH5N/c1-16-13-18(21-15-26-23(28-21)17-7-4-3-5-8-17)10-11-20(16)27-22(24-2)19-9-6-12-25-14-19;1-2/h3-15H,2H2,1H3;2H2,1H3. The molecular weight excluding hydrogens is 390 g/mol. The number of thiazole rings is 1. The van der Waals surface area contributed by atoms with Crippen LogP contribution in [0.15, 0.2) is 89.2 Å². The van der Waals surface area contributed by atoms with Crippen LogP contribution in [0.1, 0.15) is 11.1 Å². The molecule has 0 amide bonds. The lowest BCUT2D eigenvalue weighted by molar-refractivity contribution is 1.30. The van der Waals surface area contributed by atoms with E-state index in [9.17, 15) is 0 Å². The first-order valence-electron chi connectivity index (χ1n) is 9.40. The van der Waals surface area contributed by atoms with Crippen molar-refractivity contribution in [3.8, 4) is 21.0 Å². The lowest BCUT2D eigenvalue weighted by Gasteiger charge is -2.05. The number of pyridine rings is 1. The van der Waals surface area contributed by atoms with Gasteiger partial charge in [0.1, 0.15) is 5.01 Å². The van der Waals surface area contributed by atoms with E-state index < -0.39 is 0 Å². The molecule has 0 fully saturated rings. The summed E-state index contributed by atoms with van der Waals surface area (Å²) in [7, 11) is 1.50. The second kappa shape index (κ2) is 10.3. The van der Waals surface area contributed by atoms with E-state index in [4.69, 9.17) is 0 Å². The highest BCUT2D eigenvalue weighted by Gasteiger charge is 2.09. The van der Waals surface area contributed by atoms with E-state index in [-0.39, 0.29) is 0 Å². The number of benzene rings is 2. The zero-order valence-corrected chi connectivity index (χ0v) is 17.8. The molecule has 0 spiro atoms. The van der Waals surface area contributed by atoms with Gasteiger partial charge in [-0.25, -0.2) is 15.0 Å². The van der Waals surface area contributed by atoms with E-state index >= 15 is 0 Å². The average Bonchev–Trinajstić information content (AvgIpc) is 3.31. The molecule has 0 radical (unpaired) electrons. The van der Waals surface area contributed by atoms with E-state index in [0.717, 1.165) is 37.8 Å². The molecule has 0 aliphatic heterocycles. The molecule has 150 valence electrons. The summed E-state index contributed by atoms with van der Waals surface area (Å²) < 4.78 is 0. The minimum Gasteiger partial charge on any atom is -0.333 e. The largest absolute Gasteiger partial charge is 0.333 e. The number of nitrogens with two attached hydrogens (primary N) is 1. The molecule has 4 aromatic rings. The summed E-state index contributed by atoms with van der Waals surface area (Å²) in [6.07, 6.45) is 5.39. The monoisotopic (exact) mass is 413 g/mol. The van der Waals surface area contributed by atoms with Crippen LogP contribution in [0.25, 0.3) is 21.0 Å². The van der Waals surface area contributed by atoms with Crippen LogP contribution >= 0.6 is 11.3 Å². The number of aryl methyl sites for hydroxylation is 1. The molecule has 5 nitrogen and oxygen atoms in total. The van der Waals surface area contributed by atoms with Crippen LogP contribution < -0.4 is 5.73 Å². The maximum absolute atomic E-state index is 4.67. The van der Waals surface area contributed by atoms with Crippen molar-refractivity contribution >= 4 is 29.6 Å².